The first kappa shape index (κ1) is 26.2. The summed E-state index contributed by atoms with van der Waals surface area (Å²) in [4.78, 5) is 46.2. The van der Waals surface area contributed by atoms with Gasteiger partial charge in [-0.15, -0.1) is 0 Å². The fraction of sp³-hybridized carbons (Fsp3) is 0.259. The number of hydrogen-bond donors (Lipinski definition) is 3. The van der Waals surface area contributed by atoms with E-state index in [1.54, 1.807) is 13.0 Å². The van der Waals surface area contributed by atoms with Gasteiger partial charge in [0.1, 0.15) is 29.3 Å². The number of nitrogens with zero attached hydrogens (tertiary/aromatic N) is 3. The van der Waals surface area contributed by atoms with Crippen LogP contribution in [0.4, 0.5) is 20.8 Å². The van der Waals surface area contributed by atoms with Crippen molar-refractivity contribution < 1.29 is 23.5 Å². The average Bonchev–Trinajstić information content (AvgIpc) is 3.67. The van der Waals surface area contributed by atoms with Crippen molar-refractivity contribution in [1.29, 1.82) is 5.26 Å². The fourth-order valence-corrected chi connectivity index (χ4v) is 3.92. The van der Waals surface area contributed by atoms with Gasteiger partial charge >= 0.3 is 12.0 Å². The van der Waals surface area contributed by atoms with Crippen LogP contribution < -0.4 is 20.7 Å². The Morgan fingerprint density at radius 3 is 2.47 bits per heavy atom. The van der Waals surface area contributed by atoms with E-state index in [1.165, 1.54) is 42.7 Å². The number of benzene rings is 1. The van der Waals surface area contributed by atoms with E-state index in [0.29, 0.717) is 24.3 Å². The molecule has 38 heavy (non-hydrogen) atoms. The summed E-state index contributed by atoms with van der Waals surface area (Å²) in [6.07, 6.45) is 3.16. The number of halogens is 1. The van der Waals surface area contributed by atoms with Gasteiger partial charge in [0, 0.05) is 42.9 Å². The van der Waals surface area contributed by atoms with Gasteiger partial charge in [-0.05, 0) is 49.7 Å². The van der Waals surface area contributed by atoms with Crippen LogP contribution in [0.2, 0.25) is 0 Å². The standard InChI is InChI=1S/C27H25FN6O4/c1-3-21(35)17-7-8-19(28)24(25(17)38-26(36)16-6-10-22(30-4-2)32-14-16)18-11-20(18)33-27(37)34-23-9-5-15(12-29)13-31-23/h5-10,13-14,18,20H,3-4,11H2,1-2H3,(H,30,32)(H2,31,33,34,37). The van der Waals surface area contributed by atoms with Gasteiger partial charge in [0.05, 0.1) is 16.7 Å². The first-order valence-corrected chi connectivity index (χ1v) is 12.1. The molecule has 0 aliphatic heterocycles. The molecule has 0 bridgehead atoms. The van der Waals surface area contributed by atoms with E-state index in [1.807, 2.05) is 13.0 Å². The molecule has 1 aliphatic carbocycles. The molecule has 2 heterocycles. The molecule has 10 nitrogen and oxygen atoms in total. The van der Waals surface area contributed by atoms with Crippen LogP contribution in [0.25, 0.3) is 0 Å². The molecule has 2 atom stereocenters. The van der Waals surface area contributed by atoms with Crippen molar-refractivity contribution in [3.05, 3.63) is 76.9 Å². The minimum atomic E-state index is -0.785. The van der Waals surface area contributed by atoms with Crippen molar-refractivity contribution in [3.8, 4) is 11.8 Å². The summed E-state index contributed by atoms with van der Waals surface area (Å²) in [5.41, 5.74) is 0.626. The van der Waals surface area contributed by atoms with Gasteiger partial charge in [-0.25, -0.2) is 23.9 Å². The van der Waals surface area contributed by atoms with Crippen LogP contribution >= 0.6 is 0 Å². The molecule has 11 heteroatoms. The zero-order chi connectivity index (χ0) is 27.2. The second-order valence-corrected chi connectivity index (χ2v) is 8.56. The van der Waals surface area contributed by atoms with Crippen LogP contribution in [0.1, 0.15) is 64.4 Å². The zero-order valence-electron chi connectivity index (χ0n) is 20.7. The van der Waals surface area contributed by atoms with Gasteiger partial charge in [-0.3, -0.25) is 10.1 Å². The predicted octanol–water partition coefficient (Wildman–Crippen LogP) is 4.41. The molecule has 4 rings (SSSR count). The first-order valence-electron chi connectivity index (χ1n) is 12.1. The van der Waals surface area contributed by atoms with Crippen LogP contribution in [0.15, 0.2) is 48.8 Å². The van der Waals surface area contributed by atoms with Crippen LogP contribution in [0.3, 0.4) is 0 Å². The quantitative estimate of drug-likeness (QED) is 0.215. The molecule has 194 valence electrons. The molecule has 1 saturated carbocycles. The van der Waals surface area contributed by atoms with Gasteiger partial charge in [-0.2, -0.15) is 5.26 Å². The molecule has 1 aliphatic rings. The van der Waals surface area contributed by atoms with Gasteiger partial charge in [0.15, 0.2) is 5.78 Å². The molecule has 0 spiro atoms. The molecular weight excluding hydrogens is 491 g/mol. The highest BCUT2D eigenvalue weighted by molar-refractivity contribution is 6.01. The summed E-state index contributed by atoms with van der Waals surface area (Å²) < 4.78 is 20.7. The van der Waals surface area contributed by atoms with Crippen molar-refractivity contribution in [3.63, 3.8) is 0 Å². The normalized spacial score (nSPS) is 15.6. The number of anilines is 2. The number of carbonyl (C=O) groups excluding carboxylic acids is 3. The lowest BCUT2D eigenvalue weighted by atomic mass is 10.00. The summed E-state index contributed by atoms with van der Waals surface area (Å²) in [7, 11) is 0. The number of aromatic nitrogens is 2. The van der Waals surface area contributed by atoms with Gasteiger partial charge in [0.25, 0.3) is 0 Å². The Bertz CT molecular complexity index is 1400. The molecule has 3 aromatic rings. The highest BCUT2D eigenvalue weighted by Crippen LogP contribution is 2.47. The summed E-state index contributed by atoms with van der Waals surface area (Å²) in [6, 6.07) is 9.51. The molecule has 0 radical (unpaired) electrons. The first-order chi connectivity index (χ1) is 18.3. The largest absolute Gasteiger partial charge is 0.422 e. The Morgan fingerprint density at radius 1 is 1.08 bits per heavy atom. The second kappa shape index (κ2) is 11.5. The number of Topliss-reactive ketones (excluding diaryl/α,β-unsaturated/α-hetero) is 1. The third-order valence-electron chi connectivity index (χ3n) is 5.93. The Balaban J connectivity index is 1.54. The Morgan fingerprint density at radius 2 is 1.84 bits per heavy atom. The van der Waals surface area contributed by atoms with Crippen molar-refractivity contribution in [1.82, 2.24) is 15.3 Å². The number of ether oxygens (including phenoxy) is 1. The molecule has 2 amide bonds. The maximum absolute atomic E-state index is 15.1. The lowest BCUT2D eigenvalue weighted by Gasteiger charge is -2.15. The second-order valence-electron chi connectivity index (χ2n) is 8.56. The highest BCUT2D eigenvalue weighted by atomic mass is 19.1. The monoisotopic (exact) mass is 516 g/mol. The van der Waals surface area contributed by atoms with E-state index >= 15 is 4.39 Å². The van der Waals surface area contributed by atoms with Crippen LogP contribution in [-0.2, 0) is 0 Å². The van der Waals surface area contributed by atoms with Gasteiger partial charge in [-0.1, -0.05) is 6.92 Å². The number of urea groups is 1. The number of rotatable bonds is 9. The van der Waals surface area contributed by atoms with Crippen molar-refractivity contribution in [2.24, 2.45) is 0 Å². The number of carbonyl (C=O) groups is 3. The van der Waals surface area contributed by atoms with E-state index in [-0.39, 0.29) is 40.5 Å². The number of hydrogen-bond acceptors (Lipinski definition) is 8. The minimum absolute atomic E-state index is 0.0525. The van der Waals surface area contributed by atoms with Crippen LogP contribution in [0.5, 0.6) is 5.75 Å². The lowest BCUT2D eigenvalue weighted by molar-refractivity contribution is 0.0729. The van der Waals surface area contributed by atoms with Crippen LogP contribution in [-0.4, -0.2) is 40.3 Å². The molecule has 3 N–H and O–H groups in total. The van der Waals surface area contributed by atoms with E-state index in [2.05, 4.69) is 25.9 Å². The molecular formula is C27H25FN6O4. The average molecular weight is 517 g/mol. The number of amides is 2. The number of pyridine rings is 2. The third-order valence-corrected chi connectivity index (χ3v) is 5.93. The van der Waals surface area contributed by atoms with E-state index in [4.69, 9.17) is 10.00 Å². The number of nitrogens with one attached hydrogen (secondary N) is 3. The van der Waals surface area contributed by atoms with Crippen LogP contribution in [0, 0.1) is 17.1 Å². The Hall–Kier alpha value is -4.85. The topological polar surface area (TPSA) is 146 Å². The number of ketones is 1. The summed E-state index contributed by atoms with van der Waals surface area (Å²) >= 11 is 0. The molecule has 2 aromatic heterocycles. The molecule has 1 fully saturated rings. The van der Waals surface area contributed by atoms with E-state index in [0.717, 1.165) is 0 Å². The van der Waals surface area contributed by atoms with E-state index in [9.17, 15) is 14.4 Å². The number of nitriles is 1. The fourth-order valence-electron chi connectivity index (χ4n) is 3.92. The Labute approximate surface area is 218 Å². The van der Waals surface area contributed by atoms with Crippen molar-refractivity contribution in [2.75, 3.05) is 17.2 Å². The summed E-state index contributed by atoms with van der Waals surface area (Å²) in [5.74, 6) is -1.60. The lowest BCUT2D eigenvalue weighted by Crippen LogP contribution is -2.31. The van der Waals surface area contributed by atoms with Gasteiger partial charge in [0.2, 0.25) is 0 Å². The van der Waals surface area contributed by atoms with Crippen molar-refractivity contribution >= 4 is 29.4 Å². The van der Waals surface area contributed by atoms with Gasteiger partial charge < -0.3 is 15.4 Å². The maximum atomic E-state index is 15.1. The zero-order valence-corrected chi connectivity index (χ0v) is 20.7. The number of esters is 1. The van der Waals surface area contributed by atoms with E-state index < -0.39 is 29.8 Å². The molecule has 1 aromatic carbocycles. The maximum Gasteiger partial charge on any atom is 0.345 e. The molecule has 0 saturated heterocycles. The summed E-state index contributed by atoms with van der Waals surface area (Å²) in [5, 5.41) is 17.2. The minimum Gasteiger partial charge on any atom is -0.422 e. The predicted molar refractivity (Wildman–Crippen MR) is 137 cm³/mol. The SMILES string of the molecule is CCNc1ccc(C(=O)Oc2c(C(=O)CC)ccc(F)c2C2CC2NC(=O)Nc2ccc(C#N)cn2)cn1. The summed E-state index contributed by atoms with van der Waals surface area (Å²) in [6.45, 7) is 4.23. The smallest absolute Gasteiger partial charge is 0.345 e. The highest BCUT2D eigenvalue weighted by Gasteiger charge is 2.44. The van der Waals surface area contributed by atoms with Crippen molar-refractivity contribution in [2.45, 2.75) is 38.6 Å². The Kier molecular flexibility index (Phi) is 7.91. The molecule has 2 unspecified atom stereocenters. The third kappa shape index (κ3) is 5.92.